The lowest BCUT2D eigenvalue weighted by Crippen LogP contribution is -2.17. The number of esters is 2. The summed E-state index contributed by atoms with van der Waals surface area (Å²) < 4.78 is 10.9. The van der Waals surface area contributed by atoms with Gasteiger partial charge in [0.1, 0.15) is 0 Å². The lowest BCUT2D eigenvalue weighted by atomic mass is 9.98. The SMILES string of the molecule is CCCCCCCCOC(=O)CCCCCCCCCC(CC)C(=O)OCCCCCCCC. The first-order valence-corrected chi connectivity index (χ1v) is 15.0. The van der Waals surface area contributed by atoms with Crippen molar-refractivity contribution in [3.63, 3.8) is 0 Å². The smallest absolute Gasteiger partial charge is 0.308 e. The first-order chi connectivity index (χ1) is 16.7. The van der Waals surface area contributed by atoms with Crippen molar-refractivity contribution in [2.24, 2.45) is 5.92 Å². The third-order valence-corrected chi connectivity index (χ3v) is 6.76. The third-order valence-electron chi connectivity index (χ3n) is 6.76. The summed E-state index contributed by atoms with van der Waals surface area (Å²) in [6.45, 7) is 7.73. The molecule has 34 heavy (non-hydrogen) atoms. The summed E-state index contributed by atoms with van der Waals surface area (Å²) in [7, 11) is 0. The summed E-state index contributed by atoms with van der Waals surface area (Å²) in [6.07, 6.45) is 25.0. The fourth-order valence-corrected chi connectivity index (χ4v) is 4.35. The van der Waals surface area contributed by atoms with Gasteiger partial charge in [0.2, 0.25) is 0 Å². The fraction of sp³-hybridized carbons (Fsp3) is 0.933. The largest absolute Gasteiger partial charge is 0.466 e. The van der Waals surface area contributed by atoms with Crippen LogP contribution in [0.5, 0.6) is 0 Å². The number of unbranched alkanes of at least 4 members (excludes halogenated alkanes) is 16. The van der Waals surface area contributed by atoms with Crippen molar-refractivity contribution >= 4 is 11.9 Å². The van der Waals surface area contributed by atoms with Crippen LogP contribution in [0.25, 0.3) is 0 Å². The van der Waals surface area contributed by atoms with E-state index in [9.17, 15) is 9.59 Å². The molecule has 0 spiro atoms. The molecule has 0 N–H and O–H groups in total. The van der Waals surface area contributed by atoms with Crippen molar-refractivity contribution in [1.29, 1.82) is 0 Å². The van der Waals surface area contributed by atoms with E-state index in [4.69, 9.17) is 9.47 Å². The van der Waals surface area contributed by atoms with Crippen LogP contribution < -0.4 is 0 Å². The maximum absolute atomic E-state index is 12.3. The minimum atomic E-state index is -0.0254. The Kier molecular flexibility index (Phi) is 25.7. The van der Waals surface area contributed by atoms with E-state index in [1.54, 1.807) is 0 Å². The zero-order valence-corrected chi connectivity index (χ0v) is 23.2. The standard InChI is InChI=1S/C30H58O4/c1-4-7-9-11-18-22-26-33-29(31)25-21-17-15-13-14-16-20-24-28(6-3)30(32)34-27-23-19-12-10-8-5-2/h28H,4-27H2,1-3H3. The predicted octanol–water partition coefficient (Wildman–Crippen LogP) is 9.33. The van der Waals surface area contributed by atoms with Gasteiger partial charge >= 0.3 is 11.9 Å². The molecule has 4 nitrogen and oxygen atoms in total. The molecule has 202 valence electrons. The van der Waals surface area contributed by atoms with Gasteiger partial charge in [0.15, 0.2) is 0 Å². The van der Waals surface area contributed by atoms with Gasteiger partial charge < -0.3 is 9.47 Å². The van der Waals surface area contributed by atoms with Crippen molar-refractivity contribution in [1.82, 2.24) is 0 Å². The van der Waals surface area contributed by atoms with Crippen LogP contribution in [0.1, 0.15) is 162 Å². The second-order valence-corrected chi connectivity index (χ2v) is 10.0. The first kappa shape index (κ1) is 32.9. The molecular weight excluding hydrogens is 424 g/mol. The average Bonchev–Trinajstić information content (AvgIpc) is 2.84. The summed E-state index contributed by atoms with van der Waals surface area (Å²) in [5.41, 5.74) is 0. The topological polar surface area (TPSA) is 52.6 Å². The van der Waals surface area contributed by atoms with Crippen LogP contribution in [0.4, 0.5) is 0 Å². The van der Waals surface area contributed by atoms with Crippen molar-refractivity contribution in [3.8, 4) is 0 Å². The fourth-order valence-electron chi connectivity index (χ4n) is 4.35. The summed E-state index contributed by atoms with van der Waals surface area (Å²) >= 11 is 0. The summed E-state index contributed by atoms with van der Waals surface area (Å²) in [5.74, 6) is 0.0597. The maximum Gasteiger partial charge on any atom is 0.308 e. The van der Waals surface area contributed by atoms with Gasteiger partial charge in [-0.25, -0.2) is 0 Å². The summed E-state index contributed by atoms with van der Waals surface area (Å²) in [4.78, 5) is 24.1. The van der Waals surface area contributed by atoms with E-state index in [-0.39, 0.29) is 17.9 Å². The van der Waals surface area contributed by atoms with Crippen molar-refractivity contribution in [2.45, 2.75) is 162 Å². The highest BCUT2D eigenvalue weighted by molar-refractivity contribution is 5.72. The Labute approximate surface area is 212 Å². The molecule has 0 aromatic carbocycles. The van der Waals surface area contributed by atoms with E-state index < -0.39 is 0 Å². The Balaban J connectivity index is 3.49. The van der Waals surface area contributed by atoms with Gasteiger partial charge in [-0.3, -0.25) is 9.59 Å². The molecule has 0 bridgehead atoms. The van der Waals surface area contributed by atoms with Gasteiger partial charge in [0, 0.05) is 6.42 Å². The number of carbonyl (C=O) groups is 2. The molecule has 0 rings (SSSR count). The molecule has 1 unspecified atom stereocenters. The molecule has 0 amide bonds. The Morgan fingerprint density at radius 2 is 0.971 bits per heavy atom. The van der Waals surface area contributed by atoms with Crippen molar-refractivity contribution < 1.29 is 19.1 Å². The zero-order valence-electron chi connectivity index (χ0n) is 23.2. The summed E-state index contributed by atoms with van der Waals surface area (Å²) in [6, 6.07) is 0. The molecule has 1 atom stereocenters. The van der Waals surface area contributed by atoms with Gasteiger partial charge in [0.25, 0.3) is 0 Å². The predicted molar refractivity (Wildman–Crippen MR) is 144 cm³/mol. The monoisotopic (exact) mass is 482 g/mol. The number of hydrogen-bond donors (Lipinski definition) is 0. The van der Waals surface area contributed by atoms with Gasteiger partial charge in [-0.1, -0.05) is 124 Å². The second kappa shape index (κ2) is 26.5. The number of hydrogen-bond acceptors (Lipinski definition) is 4. The van der Waals surface area contributed by atoms with E-state index >= 15 is 0 Å². The van der Waals surface area contributed by atoms with E-state index in [0.717, 1.165) is 44.9 Å². The lowest BCUT2D eigenvalue weighted by molar-refractivity contribution is -0.149. The molecule has 0 heterocycles. The van der Waals surface area contributed by atoms with E-state index in [1.807, 2.05) is 0 Å². The van der Waals surface area contributed by atoms with Crippen LogP contribution in [0.15, 0.2) is 0 Å². The number of rotatable bonds is 26. The Morgan fingerprint density at radius 1 is 0.529 bits per heavy atom. The van der Waals surface area contributed by atoms with Gasteiger partial charge in [-0.2, -0.15) is 0 Å². The van der Waals surface area contributed by atoms with Crippen molar-refractivity contribution in [2.75, 3.05) is 13.2 Å². The van der Waals surface area contributed by atoms with E-state index in [2.05, 4.69) is 20.8 Å². The molecule has 0 aliphatic carbocycles. The quantitative estimate of drug-likeness (QED) is 0.0910. The Bertz CT molecular complexity index is 449. The minimum Gasteiger partial charge on any atom is -0.466 e. The number of carbonyl (C=O) groups excluding carboxylic acids is 2. The highest BCUT2D eigenvalue weighted by Crippen LogP contribution is 2.17. The third kappa shape index (κ3) is 22.7. The Morgan fingerprint density at radius 3 is 1.50 bits per heavy atom. The average molecular weight is 483 g/mol. The lowest BCUT2D eigenvalue weighted by Gasteiger charge is -2.14. The summed E-state index contributed by atoms with van der Waals surface area (Å²) in [5, 5.41) is 0. The molecule has 0 fully saturated rings. The molecule has 0 aromatic rings. The van der Waals surface area contributed by atoms with Crippen LogP contribution in [0, 0.1) is 5.92 Å². The van der Waals surface area contributed by atoms with E-state index in [0.29, 0.717) is 19.6 Å². The zero-order chi connectivity index (χ0) is 25.1. The molecule has 0 radical (unpaired) electrons. The van der Waals surface area contributed by atoms with Gasteiger partial charge in [-0.15, -0.1) is 0 Å². The Hall–Kier alpha value is -1.06. The van der Waals surface area contributed by atoms with Crippen molar-refractivity contribution in [3.05, 3.63) is 0 Å². The van der Waals surface area contributed by atoms with Crippen LogP contribution >= 0.6 is 0 Å². The molecule has 0 aromatic heterocycles. The molecule has 4 heteroatoms. The van der Waals surface area contributed by atoms with Crippen LogP contribution in [0.3, 0.4) is 0 Å². The van der Waals surface area contributed by atoms with Crippen LogP contribution in [0.2, 0.25) is 0 Å². The highest BCUT2D eigenvalue weighted by atomic mass is 16.5. The molecule has 0 aliphatic heterocycles. The van der Waals surface area contributed by atoms with Gasteiger partial charge in [0.05, 0.1) is 19.1 Å². The molecule has 0 saturated heterocycles. The maximum atomic E-state index is 12.3. The van der Waals surface area contributed by atoms with Gasteiger partial charge in [-0.05, 0) is 32.1 Å². The molecule has 0 saturated carbocycles. The molecular formula is C30H58O4. The van der Waals surface area contributed by atoms with E-state index in [1.165, 1.54) is 89.9 Å². The highest BCUT2D eigenvalue weighted by Gasteiger charge is 2.17. The minimum absolute atomic E-state index is 0.0134. The second-order valence-electron chi connectivity index (χ2n) is 10.0. The first-order valence-electron chi connectivity index (χ1n) is 15.0. The van der Waals surface area contributed by atoms with Crippen LogP contribution in [-0.4, -0.2) is 25.2 Å². The number of ether oxygens (including phenoxy) is 2. The normalized spacial score (nSPS) is 12.0. The molecule has 0 aliphatic rings. The van der Waals surface area contributed by atoms with Crippen LogP contribution in [-0.2, 0) is 19.1 Å².